The number of nitrogens with two attached hydrogens (primary N) is 1. The standard InChI is InChI=1S/C20H22N6O2.CH2O/c1-27-10-11-28-19(8-9-21)14(13-22)6-7-15-12-18(26-25-15)20-23-16-4-2-3-5-17(16)24-20;1-2/h2-9,18,26H,10-12,21H2,1H3,(H,23,24);1H2/b7-6+,9-8-,19-14-;. The van der Waals surface area contributed by atoms with Gasteiger partial charge in [0, 0.05) is 13.5 Å². The molecule has 0 spiro atoms. The predicted molar refractivity (Wildman–Crippen MR) is 114 cm³/mol. The zero-order valence-corrected chi connectivity index (χ0v) is 16.7. The number of allylic oxidation sites excluding steroid dienone is 4. The summed E-state index contributed by atoms with van der Waals surface area (Å²) in [6.07, 6.45) is 6.99. The van der Waals surface area contributed by atoms with Gasteiger partial charge in [0.2, 0.25) is 0 Å². The summed E-state index contributed by atoms with van der Waals surface area (Å²) in [6.45, 7) is 2.74. The van der Waals surface area contributed by atoms with E-state index < -0.39 is 0 Å². The van der Waals surface area contributed by atoms with E-state index in [0.29, 0.717) is 31.0 Å². The predicted octanol–water partition coefficient (Wildman–Crippen LogP) is 2.24. The van der Waals surface area contributed by atoms with Gasteiger partial charge in [-0.1, -0.05) is 12.1 Å². The van der Waals surface area contributed by atoms with Crippen LogP contribution in [0.2, 0.25) is 0 Å². The highest BCUT2D eigenvalue weighted by Crippen LogP contribution is 2.22. The van der Waals surface area contributed by atoms with Gasteiger partial charge in [0.25, 0.3) is 0 Å². The van der Waals surface area contributed by atoms with Crippen molar-refractivity contribution >= 4 is 23.5 Å². The van der Waals surface area contributed by atoms with E-state index in [2.05, 4.69) is 26.6 Å². The van der Waals surface area contributed by atoms with Crippen LogP contribution in [0.1, 0.15) is 18.3 Å². The van der Waals surface area contributed by atoms with Crippen LogP contribution in [0.3, 0.4) is 0 Å². The topological polar surface area (TPSA) is 138 Å². The highest BCUT2D eigenvalue weighted by atomic mass is 16.5. The number of nitrogens with one attached hydrogen (secondary N) is 2. The number of nitrogens with zero attached hydrogens (tertiary/aromatic N) is 3. The highest BCUT2D eigenvalue weighted by Gasteiger charge is 2.21. The minimum atomic E-state index is -0.0390. The lowest BCUT2D eigenvalue weighted by Gasteiger charge is -2.07. The Morgan fingerprint density at radius 2 is 2.17 bits per heavy atom. The van der Waals surface area contributed by atoms with Gasteiger partial charge in [0.1, 0.15) is 37.1 Å². The van der Waals surface area contributed by atoms with E-state index in [1.165, 1.54) is 6.20 Å². The minimum Gasteiger partial charge on any atom is -0.490 e. The quantitative estimate of drug-likeness (QED) is 0.263. The van der Waals surface area contributed by atoms with Crippen molar-refractivity contribution in [3.63, 3.8) is 0 Å². The fourth-order valence-electron chi connectivity index (χ4n) is 2.75. The number of carbonyl (C=O) groups excluding carboxylic acids is 1. The Bertz CT molecular complexity index is 967. The number of para-hydroxylation sites is 2. The maximum absolute atomic E-state index is 9.45. The molecule has 156 valence electrons. The van der Waals surface area contributed by atoms with Crippen molar-refractivity contribution in [2.75, 3.05) is 20.3 Å². The summed E-state index contributed by atoms with van der Waals surface area (Å²) in [6, 6.07) is 9.96. The number of carbonyl (C=O) groups is 1. The van der Waals surface area contributed by atoms with Crippen LogP contribution in [-0.4, -0.2) is 42.8 Å². The summed E-state index contributed by atoms with van der Waals surface area (Å²) in [5.41, 5.74) is 11.6. The molecule has 0 fully saturated rings. The van der Waals surface area contributed by atoms with Crippen molar-refractivity contribution in [2.45, 2.75) is 12.5 Å². The molecule has 0 radical (unpaired) electrons. The number of benzene rings is 1. The molecule has 1 atom stereocenters. The molecular formula is C21H24N6O3. The van der Waals surface area contributed by atoms with E-state index in [1.807, 2.05) is 31.1 Å². The van der Waals surface area contributed by atoms with Gasteiger partial charge in [-0.15, -0.1) is 0 Å². The Balaban J connectivity index is 0.00000155. The van der Waals surface area contributed by atoms with Gasteiger partial charge >= 0.3 is 0 Å². The third-order valence-electron chi connectivity index (χ3n) is 4.14. The summed E-state index contributed by atoms with van der Waals surface area (Å²) in [5.74, 6) is 1.22. The smallest absolute Gasteiger partial charge is 0.138 e. The molecule has 2 aromatic rings. The number of ether oxygens (including phenoxy) is 2. The summed E-state index contributed by atoms with van der Waals surface area (Å²) in [5, 5.41) is 13.8. The number of H-pyrrole nitrogens is 1. The highest BCUT2D eigenvalue weighted by molar-refractivity contribution is 5.96. The molecule has 2 heterocycles. The van der Waals surface area contributed by atoms with Gasteiger partial charge < -0.3 is 25.0 Å². The lowest BCUT2D eigenvalue weighted by molar-refractivity contribution is -0.0979. The molecule has 4 N–H and O–H groups in total. The van der Waals surface area contributed by atoms with E-state index in [4.69, 9.17) is 20.0 Å². The third kappa shape index (κ3) is 5.80. The fourth-order valence-corrected chi connectivity index (χ4v) is 2.75. The summed E-state index contributed by atoms with van der Waals surface area (Å²) in [4.78, 5) is 15.9. The monoisotopic (exact) mass is 408 g/mol. The van der Waals surface area contributed by atoms with Crippen LogP contribution in [0.4, 0.5) is 0 Å². The molecule has 0 aliphatic carbocycles. The van der Waals surface area contributed by atoms with Crippen LogP contribution in [0.25, 0.3) is 11.0 Å². The molecule has 0 saturated heterocycles. The molecule has 0 amide bonds. The number of hydrogen-bond donors (Lipinski definition) is 3. The Labute approximate surface area is 174 Å². The Kier molecular flexibility index (Phi) is 8.83. The van der Waals surface area contributed by atoms with Crippen molar-refractivity contribution in [1.29, 1.82) is 5.26 Å². The van der Waals surface area contributed by atoms with Crippen molar-refractivity contribution in [2.24, 2.45) is 10.8 Å². The molecule has 1 aromatic carbocycles. The molecule has 1 aliphatic heterocycles. The number of aromatic nitrogens is 2. The van der Waals surface area contributed by atoms with Gasteiger partial charge in [-0.05, 0) is 36.6 Å². The van der Waals surface area contributed by atoms with Gasteiger partial charge in [0.15, 0.2) is 0 Å². The first kappa shape index (κ1) is 22.4. The molecule has 1 aromatic heterocycles. The summed E-state index contributed by atoms with van der Waals surface area (Å²) in [7, 11) is 1.58. The van der Waals surface area contributed by atoms with Crippen molar-refractivity contribution < 1.29 is 14.3 Å². The summed E-state index contributed by atoms with van der Waals surface area (Å²) < 4.78 is 10.5. The number of hydrazone groups is 1. The van der Waals surface area contributed by atoms with Crippen LogP contribution in [0.5, 0.6) is 0 Å². The summed E-state index contributed by atoms with van der Waals surface area (Å²) >= 11 is 0. The van der Waals surface area contributed by atoms with Crippen LogP contribution in [-0.2, 0) is 14.3 Å². The zero-order chi connectivity index (χ0) is 21.8. The number of aromatic amines is 1. The van der Waals surface area contributed by atoms with Crippen molar-refractivity contribution in [3.05, 3.63) is 65.9 Å². The van der Waals surface area contributed by atoms with E-state index in [0.717, 1.165) is 22.6 Å². The van der Waals surface area contributed by atoms with Gasteiger partial charge in [-0.3, -0.25) is 5.43 Å². The number of fused-ring (bicyclic) bond motifs is 1. The van der Waals surface area contributed by atoms with Gasteiger partial charge in [0.05, 0.1) is 28.9 Å². The normalized spacial score (nSPS) is 16.5. The SMILES string of the molecule is C=O.COCCOC(/C=C\N)=C(C#N)/C=C/C1=NNC(c2nc3ccccc3[nH]2)C1. The largest absolute Gasteiger partial charge is 0.490 e. The average molecular weight is 408 g/mol. The van der Waals surface area contributed by atoms with Crippen LogP contribution >= 0.6 is 0 Å². The molecule has 0 saturated carbocycles. The second kappa shape index (κ2) is 11.8. The van der Waals surface area contributed by atoms with E-state index in [-0.39, 0.29) is 6.04 Å². The van der Waals surface area contributed by atoms with Crippen molar-refractivity contribution in [1.82, 2.24) is 15.4 Å². The first-order valence-corrected chi connectivity index (χ1v) is 9.13. The number of imidazole rings is 1. The lowest BCUT2D eigenvalue weighted by atomic mass is 10.1. The molecule has 30 heavy (non-hydrogen) atoms. The zero-order valence-electron chi connectivity index (χ0n) is 16.7. The minimum absolute atomic E-state index is 0.0390. The van der Waals surface area contributed by atoms with Crippen LogP contribution < -0.4 is 11.2 Å². The molecule has 1 unspecified atom stereocenters. The molecule has 1 aliphatic rings. The second-order valence-corrected chi connectivity index (χ2v) is 6.05. The molecule has 9 heteroatoms. The number of rotatable bonds is 8. The average Bonchev–Trinajstić information content (AvgIpc) is 3.42. The Morgan fingerprint density at radius 3 is 2.87 bits per heavy atom. The maximum Gasteiger partial charge on any atom is 0.138 e. The van der Waals surface area contributed by atoms with Gasteiger partial charge in [-0.25, -0.2) is 4.98 Å². The van der Waals surface area contributed by atoms with Gasteiger partial charge in [-0.2, -0.15) is 10.4 Å². The first-order chi connectivity index (χ1) is 14.7. The first-order valence-electron chi connectivity index (χ1n) is 9.13. The molecule has 3 rings (SSSR count). The van der Waals surface area contributed by atoms with Crippen LogP contribution in [0.15, 0.2) is 65.1 Å². The van der Waals surface area contributed by atoms with Crippen LogP contribution in [0, 0.1) is 11.3 Å². The maximum atomic E-state index is 9.45. The molecule has 0 bridgehead atoms. The number of hydrogen-bond acceptors (Lipinski definition) is 8. The van der Waals surface area contributed by atoms with E-state index in [9.17, 15) is 5.26 Å². The van der Waals surface area contributed by atoms with Crippen molar-refractivity contribution in [3.8, 4) is 6.07 Å². The Morgan fingerprint density at radius 1 is 1.37 bits per heavy atom. The van der Waals surface area contributed by atoms with E-state index >= 15 is 0 Å². The van der Waals surface area contributed by atoms with E-state index in [1.54, 1.807) is 25.3 Å². The second-order valence-electron chi connectivity index (χ2n) is 6.05. The lowest BCUT2D eigenvalue weighted by Crippen LogP contribution is -2.11. The molecule has 9 nitrogen and oxygen atoms in total. The Hall–Kier alpha value is -3.90. The third-order valence-corrected chi connectivity index (χ3v) is 4.14. The number of methoxy groups -OCH3 is 1. The number of nitriles is 1. The fraction of sp³-hybridized carbons (Fsp3) is 0.238. The molecular weight excluding hydrogens is 384 g/mol.